The third-order valence-corrected chi connectivity index (χ3v) is 11.1. The maximum absolute atomic E-state index is 13.5. The molecule has 0 spiro atoms. The maximum Gasteiger partial charge on any atom is 0.410 e. The third-order valence-electron chi connectivity index (χ3n) is 9.00. The van der Waals surface area contributed by atoms with Crippen molar-refractivity contribution in [3.63, 3.8) is 0 Å². The van der Waals surface area contributed by atoms with Crippen LogP contribution in [0.2, 0.25) is 0 Å². The number of nitrogens with zero attached hydrogens (tertiary/aromatic N) is 3. The van der Waals surface area contributed by atoms with Gasteiger partial charge in [0.1, 0.15) is 6.10 Å². The molecule has 0 saturated carbocycles. The third kappa shape index (κ3) is 6.40. The number of hydroxylamine groups is 1. The van der Waals surface area contributed by atoms with Gasteiger partial charge in [0.2, 0.25) is 10.0 Å². The zero-order valence-electron chi connectivity index (χ0n) is 22.4. The van der Waals surface area contributed by atoms with Crippen LogP contribution in [-0.2, 0) is 24.3 Å². The zero-order valence-corrected chi connectivity index (χ0v) is 23.2. The fraction of sp³-hybridized carbons (Fsp3) is 0.704. The number of ether oxygens (including phenoxy) is 2. The number of hydrogen-bond acceptors (Lipinski definition) is 8. The quantitative estimate of drug-likeness (QED) is 0.379. The van der Waals surface area contributed by atoms with E-state index in [1.807, 2.05) is 6.07 Å². The summed E-state index contributed by atoms with van der Waals surface area (Å²) in [5, 5.41) is 9.45. The summed E-state index contributed by atoms with van der Waals surface area (Å²) >= 11 is 0. The molecule has 4 aliphatic rings. The molecule has 0 radical (unpaired) electrons. The first-order valence-electron chi connectivity index (χ1n) is 14.0. The zero-order chi connectivity index (χ0) is 27.5. The van der Waals surface area contributed by atoms with Gasteiger partial charge in [-0.15, -0.1) is 0 Å². The molecular formula is C27H40N4O7S. The van der Waals surface area contributed by atoms with E-state index in [9.17, 15) is 23.2 Å². The van der Waals surface area contributed by atoms with Crippen molar-refractivity contribution in [2.24, 2.45) is 5.41 Å². The van der Waals surface area contributed by atoms with E-state index < -0.39 is 33.2 Å². The molecule has 1 aromatic carbocycles. The summed E-state index contributed by atoms with van der Waals surface area (Å²) in [6.07, 6.45) is 2.76. The molecule has 2 amide bonds. The van der Waals surface area contributed by atoms with Crippen molar-refractivity contribution < 1.29 is 32.7 Å². The van der Waals surface area contributed by atoms with Crippen molar-refractivity contribution in [3.8, 4) is 0 Å². The van der Waals surface area contributed by atoms with Gasteiger partial charge < -0.3 is 14.4 Å². The molecule has 12 heteroatoms. The van der Waals surface area contributed by atoms with Crippen LogP contribution >= 0.6 is 0 Å². The highest BCUT2D eigenvalue weighted by atomic mass is 32.2. The number of hydrogen-bond donors (Lipinski definition) is 2. The summed E-state index contributed by atoms with van der Waals surface area (Å²) in [5.74, 6) is -0.599. The van der Waals surface area contributed by atoms with Gasteiger partial charge in [0.25, 0.3) is 5.91 Å². The fourth-order valence-electron chi connectivity index (χ4n) is 6.54. The van der Waals surface area contributed by atoms with Crippen LogP contribution in [0.4, 0.5) is 4.79 Å². The first kappa shape index (κ1) is 28.3. The number of amides is 2. The number of nitrogens with one attached hydrogen (secondary N) is 1. The Hall–Kier alpha value is -2.25. The van der Waals surface area contributed by atoms with Gasteiger partial charge in [-0.05, 0) is 50.1 Å². The highest BCUT2D eigenvalue weighted by Gasteiger charge is 2.48. The molecule has 216 valence electrons. The van der Waals surface area contributed by atoms with Gasteiger partial charge in [0.15, 0.2) is 0 Å². The van der Waals surface area contributed by atoms with E-state index in [0.717, 1.165) is 32.4 Å². The molecule has 4 saturated heterocycles. The van der Waals surface area contributed by atoms with E-state index in [-0.39, 0.29) is 32.0 Å². The van der Waals surface area contributed by atoms with E-state index in [2.05, 4.69) is 29.2 Å². The van der Waals surface area contributed by atoms with Crippen LogP contribution in [0, 0.1) is 5.41 Å². The second-order valence-corrected chi connectivity index (χ2v) is 13.3. The lowest BCUT2D eigenvalue weighted by Crippen LogP contribution is -2.55. The minimum absolute atomic E-state index is 0.125. The monoisotopic (exact) mass is 564 g/mol. The molecule has 4 fully saturated rings. The van der Waals surface area contributed by atoms with Crippen LogP contribution in [-0.4, -0.2) is 110 Å². The summed E-state index contributed by atoms with van der Waals surface area (Å²) in [6.45, 7) is 4.12. The standard InChI is InChI=1S/C27H40N4O7S/c32-25(28-34)27(10-15-29(16-11-27)26(33)38-24-9-17-37-19-24)20-39(35,36)31-13-7-23(8-14-31)30-12-6-22(18-30)21-4-2-1-3-5-21/h1-5,22-24,34H,6-20H2,(H,28,32)/t22?,24-/m0/s1. The molecule has 5 rings (SSSR count). The molecule has 0 aromatic heterocycles. The number of likely N-dealkylation sites (tertiary alicyclic amines) is 2. The number of carbonyl (C=O) groups is 2. The van der Waals surface area contributed by atoms with Crippen molar-refractivity contribution >= 4 is 22.0 Å². The molecular weight excluding hydrogens is 524 g/mol. The average Bonchev–Trinajstić information content (AvgIpc) is 3.66. The predicted octanol–water partition coefficient (Wildman–Crippen LogP) is 1.78. The molecule has 0 aliphatic carbocycles. The summed E-state index contributed by atoms with van der Waals surface area (Å²) < 4.78 is 39.3. The molecule has 1 aromatic rings. The van der Waals surface area contributed by atoms with E-state index in [1.165, 1.54) is 14.8 Å². The van der Waals surface area contributed by atoms with Gasteiger partial charge >= 0.3 is 6.09 Å². The highest BCUT2D eigenvalue weighted by Crippen LogP contribution is 2.36. The van der Waals surface area contributed by atoms with Gasteiger partial charge in [0, 0.05) is 45.2 Å². The van der Waals surface area contributed by atoms with Crippen LogP contribution in [0.1, 0.15) is 50.0 Å². The lowest BCUT2D eigenvalue weighted by atomic mass is 9.79. The predicted molar refractivity (Wildman–Crippen MR) is 143 cm³/mol. The van der Waals surface area contributed by atoms with E-state index in [1.54, 1.807) is 5.48 Å². The van der Waals surface area contributed by atoms with Crippen molar-refractivity contribution in [2.75, 3.05) is 58.2 Å². The second-order valence-electron chi connectivity index (χ2n) is 11.4. The fourth-order valence-corrected chi connectivity index (χ4v) is 8.61. The topological polar surface area (TPSA) is 129 Å². The normalized spacial score (nSPS) is 26.9. The molecule has 1 unspecified atom stereocenters. The Morgan fingerprint density at radius 2 is 1.74 bits per heavy atom. The highest BCUT2D eigenvalue weighted by molar-refractivity contribution is 7.89. The van der Waals surface area contributed by atoms with Crippen LogP contribution in [0.5, 0.6) is 0 Å². The van der Waals surface area contributed by atoms with Crippen LogP contribution < -0.4 is 5.48 Å². The molecule has 2 atom stereocenters. The molecule has 4 heterocycles. The van der Waals surface area contributed by atoms with Crippen LogP contribution in [0.25, 0.3) is 0 Å². The lowest BCUT2D eigenvalue weighted by Gasteiger charge is -2.41. The van der Waals surface area contributed by atoms with Crippen molar-refractivity contribution in [3.05, 3.63) is 35.9 Å². The Labute approximate surface area is 230 Å². The minimum atomic E-state index is -3.76. The first-order valence-corrected chi connectivity index (χ1v) is 15.7. The number of benzene rings is 1. The summed E-state index contributed by atoms with van der Waals surface area (Å²) in [4.78, 5) is 29.3. The van der Waals surface area contributed by atoms with Gasteiger partial charge in [-0.1, -0.05) is 30.3 Å². The maximum atomic E-state index is 13.5. The Kier molecular flexibility index (Phi) is 8.77. The molecule has 11 nitrogen and oxygen atoms in total. The first-order chi connectivity index (χ1) is 18.8. The summed E-state index contributed by atoms with van der Waals surface area (Å²) in [6, 6.07) is 10.9. The van der Waals surface area contributed by atoms with Gasteiger partial charge in [-0.3, -0.25) is 14.9 Å². The van der Waals surface area contributed by atoms with Gasteiger partial charge in [-0.25, -0.2) is 23.0 Å². The Morgan fingerprint density at radius 1 is 1.03 bits per heavy atom. The largest absolute Gasteiger partial charge is 0.444 e. The number of rotatable bonds is 7. The van der Waals surface area contributed by atoms with E-state index in [0.29, 0.717) is 44.7 Å². The molecule has 0 bridgehead atoms. The smallest absolute Gasteiger partial charge is 0.410 e. The van der Waals surface area contributed by atoms with E-state index in [4.69, 9.17) is 9.47 Å². The van der Waals surface area contributed by atoms with Crippen molar-refractivity contribution in [1.29, 1.82) is 0 Å². The molecule has 39 heavy (non-hydrogen) atoms. The summed E-state index contributed by atoms with van der Waals surface area (Å²) in [5.41, 5.74) is 1.74. The number of carbonyl (C=O) groups excluding carboxylic acids is 2. The Bertz CT molecular complexity index is 1100. The average molecular weight is 565 g/mol. The molecule has 4 aliphatic heterocycles. The van der Waals surface area contributed by atoms with Gasteiger partial charge in [-0.2, -0.15) is 0 Å². The van der Waals surface area contributed by atoms with Crippen LogP contribution in [0.3, 0.4) is 0 Å². The minimum Gasteiger partial charge on any atom is -0.444 e. The van der Waals surface area contributed by atoms with Gasteiger partial charge in [0.05, 0.1) is 24.4 Å². The Morgan fingerprint density at radius 3 is 2.38 bits per heavy atom. The van der Waals surface area contributed by atoms with E-state index >= 15 is 0 Å². The SMILES string of the molecule is O=C(O[C@H]1CCOC1)N1CCC(CS(=O)(=O)N2CCC(N3CCC(c4ccccc4)C3)CC2)(C(=O)NO)CC1. The summed E-state index contributed by atoms with van der Waals surface area (Å²) in [7, 11) is -3.76. The molecule has 2 N–H and O–H groups in total. The number of piperidine rings is 2. The second kappa shape index (κ2) is 12.1. The lowest BCUT2D eigenvalue weighted by molar-refractivity contribution is -0.141. The van der Waals surface area contributed by atoms with Crippen molar-refractivity contribution in [2.45, 2.75) is 56.6 Å². The van der Waals surface area contributed by atoms with Crippen LogP contribution in [0.15, 0.2) is 30.3 Å². The Balaban J connectivity index is 1.15. The number of sulfonamides is 1. The van der Waals surface area contributed by atoms with Crippen molar-refractivity contribution in [1.82, 2.24) is 19.6 Å².